The van der Waals surface area contributed by atoms with E-state index in [1.807, 2.05) is 21.1 Å². The zero-order valence-corrected chi connectivity index (χ0v) is 46.0. The Balaban J connectivity index is 4.04. The lowest BCUT2D eigenvalue weighted by molar-refractivity contribution is -0.870. The second kappa shape index (κ2) is 51.1. The van der Waals surface area contributed by atoms with Gasteiger partial charge in [-0.15, -0.1) is 0 Å². The van der Waals surface area contributed by atoms with Crippen LogP contribution in [0.2, 0.25) is 0 Å². The predicted molar refractivity (Wildman–Crippen MR) is 287 cm³/mol. The Morgan fingerprint density at radius 3 is 1.25 bits per heavy atom. The first kappa shape index (κ1) is 65.7. The molecular weight excluding hydrogens is 854 g/mol. The van der Waals surface area contributed by atoms with Crippen molar-refractivity contribution in [3.63, 3.8) is 0 Å². The highest BCUT2D eigenvalue weighted by atomic mass is 31.2. The standard InChI is InChI=1S/C58H112NO7P/c1-6-8-10-12-14-16-18-20-22-24-26-27-28-29-30-31-32-34-36-38-40-42-44-46-48-50-53-63-55-57(56-65-67(61,62)64-54-52-59(3,4)5)66-58(60)51-49-47-45-43-41-39-37-35-33-25-23-21-19-17-15-13-11-9-7-2/h15,17,21,23,33,35,57H,6-14,16,18-20,22,24-32,34,36-56H2,1-5H3/b17-15-,23-21-,35-33-. The molecule has 0 aliphatic rings. The second-order valence-electron chi connectivity index (χ2n) is 20.7. The maximum absolute atomic E-state index is 12.8. The number of quaternary nitrogens is 1. The van der Waals surface area contributed by atoms with Crippen LogP contribution in [0.3, 0.4) is 0 Å². The quantitative estimate of drug-likeness (QED) is 0.0197. The third-order valence-electron chi connectivity index (χ3n) is 12.7. The zero-order chi connectivity index (χ0) is 49.0. The number of carbonyl (C=O) groups excluding carboxylic acids is 1. The molecule has 0 rings (SSSR count). The number of phosphoric acid groups is 1. The second-order valence-corrected chi connectivity index (χ2v) is 22.1. The van der Waals surface area contributed by atoms with Gasteiger partial charge in [-0.25, -0.2) is 0 Å². The molecule has 8 nitrogen and oxygen atoms in total. The van der Waals surface area contributed by atoms with Gasteiger partial charge in [-0.3, -0.25) is 9.36 Å². The van der Waals surface area contributed by atoms with Crippen LogP contribution in [0.25, 0.3) is 0 Å². The molecular formula is C58H112NO7P. The molecule has 0 heterocycles. The first-order valence-corrected chi connectivity index (χ1v) is 30.2. The van der Waals surface area contributed by atoms with E-state index in [0.717, 1.165) is 57.8 Å². The maximum atomic E-state index is 12.8. The highest BCUT2D eigenvalue weighted by molar-refractivity contribution is 7.45. The van der Waals surface area contributed by atoms with Gasteiger partial charge in [0.1, 0.15) is 19.3 Å². The number of esters is 1. The van der Waals surface area contributed by atoms with Crippen molar-refractivity contribution in [3.05, 3.63) is 36.5 Å². The summed E-state index contributed by atoms with van der Waals surface area (Å²) in [5.74, 6) is -0.341. The van der Waals surface area contributed by atoms with Crippen molar-refractivity contribution in [3.8, 4) is 0 Å². The Kier molecular flexibility index (Phi) is 50.1. The van der Waals surface area contributed by atoms with Crippen molar-refractivity contribution in [2.24, 2.45) is 0 Å². The van der Waals surface area contributed by atoms with Crippen molar-refractivity contribution in [1.82, 2.24) is 0 Å². The van der Waals surface area contributed by atoms with E-state index in [-0.39, 0.29) is 25.8 Å². The third-order valence-corrected chi connectivity index (χ3v) is 13.7. The Morgan fingerprint density at radius 1 is 0.463 bits per heavy atom. The van der Waals surface area contributed by atoms with Crippen molar-refractivity contribution in [2.45, 2.75) is 277 Å². The van der Waals surface area contributed by atoms with Gasteiger partial charge in [-0.2, -0.15) is 0 Å². The lowest BCUT2D eigenvalue weighted by Gasteiger charge is -2.28. The molecule has 0 fully saturated rings. The van der Waals surface area contributed by atoms with Gasteiger partial charge in [0.2, 0.25) is 0 Å². The van der Waals surface area contributed by atoms with Gasteiger partial charge in [0, 0.05) is 13.0 Å². The summed E-state index contributed by atoms with van der Waals surface area (Å²) in [6, 6.07) is 0. The monoisotopic (exact) mass is 966 g/mol. The molecule has 0 amide bonds. The van der Waals surface area contributed by atoms with Gasteiger partial charge in [0.25, 0.3) is 7.82 Å². The summed E-state index contributed by atoms with van der Waals surface area (Å²) < 4.78 is 34.8. The average molecular weight is 967 g/mol. The number of carbonyl (C=O) groups is 1. The minimum absolute atomic E-state index is 0.0245. The Bertz CT molecular complexity index is 1170. The minimum atomic E-state index is -4.54. The molecule has 0 N–H and O–H groups in total. The van der Waals surface area contributed by atoms with E-state index in [1.165, 1.54) is 193 Å². The Hall–Kier alpha value is -1.28. The van der Waals surface area contributed by atoms with Crippen LogP contribution >= 0.6 is 7.82 Å². The van der Waals surface area contributed by atoms with Gasteiger partial charge in [0.05, 0.1) is 34.4 Å². The van der Waals surface area contributed by atoms with Crippen LogP contribution in [-0.4, -0.2) is 70.7 Å². The van der Waals surface area contributed by atoms with E-state index in [1.54, 1.807) is 0 Å². The maximum Gasteiger partial charge on any atom is 0.306 e. The molecule has 67 heavy (non-hydrogen) atoms. The topological polar surface area (TPSA) is 94.1 Å². The van der Waals surface area contributed by atoms with E-state index in [0.29, 0.717) is 24.1 Å². The van der Waals surface area contributed by atoms with Gasteiger partial charge in [-0.05, 0) is 51.4 Å². The number of likely N-dealkylation sites (N-methyl/N-ethyl adjacent to an activating group) is 1. The summed E-state index contributed by atoms with van der Waals surface area (Å²) in [4.78, 5) is 25.2. The van der Waals surface area contributed by atoms with Crippen molar-refractivity contribution in [1.29, 1.82) is 0 Å². The van der Waals surface area contributed by atoms with Gasteiger partial charge in [0.15, 0.2) is 0 Å². The minimum Gasteiger partial charge on any atom is -0.756 e. The molecule has 0 spiro atoms. The molecule has 0 saturated carbocycles. The summed E-state index contributed by atoms with van der Waals surface area (Å²) in [7, 11) is 1.36. The van der Waals surface area contributed by atoms with Gasteiger partial charge in [-0.1, -0.05) is 249 Å². The highest BCUT2D eigenvalue weighted by Crippen LogP contribution is 2.38. The van der Waals surface area contributed by atoms with Crippen LogP contribution in [0.1, 0.15) is 271 Å². The van der Waals surface area contributed by atoms with Crippen LogP contribution in [0, 0.1) is 0 Å². The van der Waals surface area contributed by atoms with E-state index in [4.69, 9.17) is 18.5 Å². The average Bonchev–Trinajstić information content (AvgIpc) is 3.29. The molecule has 0 radical (unpaired) electrons. The molecule has 0 aromatic heterocycles. The van der Waals surface area contributed by atoms with Crippen LogP contribution in [0.5, 0.6) is 0 Å². The number of nitrogens with zero attached hydrogens (tertiary/aromatic N) is 1. The summed E-state index contributed by atoms with van der Waals surface area (Å²) in [5.41, 5.74) is 0. The third kappa shape index (κ3) is 55.5. The number of phosphoric ester groups is 1. The molecule has 2 unspecified atom stereocenters. The zero-order valence-electron chi connectivity index (χ0n) is 45.1. The first-order chi connectivity index (χ1) is 32.6. The van der Waals surface area contributed by atoms with Crippen molar-refractivity contribution >= 4 is 13.8 Å². The molecule has 0 aromatic carbocycles. The first-order valence-electron chi connectivity index (χ1n) is 28.7. The summed E-state index contributed by atoms with van der Waals surface area (Å²) >= 11 is 0. The molecule has 0 aliphatic heterocycles. The fourth-order valence-electron chi connectivity index (χ4n) is 8.26. The van der Waals surface area contributed by atoms with Gasteiger partial charge < -0.3 is 27.9 Å². The SMILES string of the molecule is CCCCC/C=C\C/C=C\C/C=C\CCCCCCCCC(=O)OC(COCCCCCCCCCCCCCCCCCCCCCCCCCCCC)COP(=O)([O-])OCC[N+](C)(C)C. The van der Waals surface area contributed by atoms with E-state index in [2.05, 4.69) is 50.3 Å². The lowest BCUT2D eigenvalue weighted by atomic mass is 10.0. The molecule has 9 heteroatoms. The van der Waals surface area contributed by atoms with E-state index >= 15 is 0 Å². The lowest BCUT2D eigenvalue weighted by Crippen LogP contribution is -2.37. The van der Waals surface area contributed by atoms with E-state index in [9.17, 15) is 14.3 Å². The predicted octanol–water partition coefficient (Wildman–Crippen LogP) is 17.4. The number of unbranched alkanes of at least 4 members (excludes halogenated alkanes) is 34. The summed E-state index contributed by atoms with van der Waals surface area (Å²) in [5, 5.41) is 0. The van der Waals surface area contributed by atoms with E-state index < -0.39 is 13.9 Å². The Labute approximate surface area is 416 Å². The molecule has 0 bridgehead atoms. The normalized spacial score (nSPS) is 13.7. The molecule has 2 atom stereocenters. The molecule has 396 valence electrons. The fourth-order valence-corrected chi connectivity index (χ4v) is 8.99. The number of rotatable bonds is 54. The largest absolute Gasteiger partial charge is 0.756 e. The van der Waals surface area contributed by atoms with Crippen LogP contribution in [0.4, 0.5) is 0 Å². The number of ether oxygens (including phenoxy) is 2. The molecule has 0 saturated heterocycles. The van der Waals surface area contributed by atoms with Crippen LogP contribution in [0.15, 0.2) is 36.5 Å². The number of hydrogen-bond donors (Lipinski definition) is 0. The fraction of sp³-hybridized carbons (Fsp3) is 0.879. The Morgan fingerprint density at radius 2 is 0.821 bits per heavy atom. The number of hydrogen-bond acceptors (Lipinski definition) is 7. The summed E-state index contributed by atoms with van der Waals surface area (Å²) in [6.45, 7) is 5.42. The van der Waals surface area contributed by atoms with Gasteiger partial charge >= 0.3 is 5.97 Å². The van der Waals surface area contributed by atoms with Crippen molar-refractivity contribution < 1.29 is 37.3 Å². The smallest absolute Gasteiger partial charge is 0.306 e. The molecule has 0 aromatic rings. The summed E-state index contributed by atoms with van der Waals surface area (Å²) in [6.07, 6.45) is 63.3. The number of allylic oxidation sites excluding steroid dienone is 6. The van der Waals surface area contributed by atoms with Crippen molar-refractivity contribution in [2.75, 3.05) is 54.1 Å². The van der Waals surface area contributed by atoms with Crippen LogP contribution < -0.4 is 4.89 Å². The van der Waals surface area contributed by atoms with Crippen LogP contribution in [-0.2, 0) is 27.9 Å². The molecule has 0 aliphatic carbocycles. The highest BCUT2D eigenvalue weighted by Gasteiger charge is 2.20.